The molecule has 0 spiro atoms. The maximum Gasteiger partial charge on any atom is 0.146 e. The summed E-state index contributed by atoms with van der Waals surface area (Å²) < 4.78 is 0. The minimum atomic E-state index is -0.702. The van der Waals surface area contributed by atoms with Crippen LogP contribution in [0.5, 0.6) is 0 Å². The monoisotopic (exact) mass is 463 g/mol. The summed E-state index contributed by atoms with van der Waals surface area (Å²) in [6, 6.07) is 0.0286. The first kappa shape index (κ1) is 44.1. The molecule has 0 radical (unpaired) electrons. The van der Waals surface area contributed by atoms with E-state index in [1.165, 1.54) is 0 Å². The lowest BCUT2D eigenvalue weighted by Gasteiger charge is -2.28. The maximum absolute atomic E-state index is 11.3. The van der Waals surface area contributed by atoms with Crippen LogP contribution in [0.25, 0.3) is 0 Å². The minimum absolute atomic E-state index is 0. The molecular formula is C23H66N4O4. The van der Waals surface area contributed by atoms with Crippen LogP contribution in [0.3, 0.4) is 0 Å². The third kappa shape index (κ3) is 27.4. The predicted octanol–water partition coefficient (Wildman–Crippen LogP) is 2.76. The molecule has 0 rings (SSSR count). The highest BCUT2D eigenvalue weighted by Crippen LogP contribution is 2.03. The highest BCUT2D eigenvalue weighted by Gasteiger charge is 2.20. The van der Waals surface area contributed by atoms with Crippen molar-refractivity contribution in [3.63, 3.8) is 0 Å². The summed E-state index contributed by atoms with van der Waals surface area (Å²) in [4.78, 5) is 11.3. The van der Waals surface area contributed by atoms with Crippen molar-refractivity contribution in [2.75, 3.05) is 13.1 Å². The van der Waals surface area contributed by atoms with Gasteiger partial charge in [0, 0.05) is 35.5 Å². The molecule has 0 unspecified atom stereocenters. The fourth-order valence-corrected chi connectivity index (χ4v) is 2.26. The van der Waals surface area contributed by atoms with Crippen molar-refractivity contribution in [2.24, 2.45) is 11.7 Å². The smallest absolute Gasteiger partial charge is 0.146 e. The van der Waals surface area contributed by atoms with Gasteiger partial charge in [0.15, 0.2) is 0 Å². The Morgan fingerprint density at radius 3 is 1.74 bits per heavy atom. The number of nitrogens with one attached hydrogen (secondary N) is 3. The van der Waals surface area contributed by atoms with Gasteiger partial charge in [-0.25, -0.2) is 0 Å². The number of aliphatic hydroxyl groups is 1. The van der Waals surface area contributed by atoms with Gasteiger partial charge in [0.1, 0.15) is 12.0 Å². The maximum atomic E-state index is 11.3. The van der Waals surface area contributed by atoms with Gasteiger partial charge in [-0.1, -0.05) is 68.7 Å². The highest BCUT2D eigenvalue weighted by molar-refractivity contribution is 5.80. The van der Waals surface area contributed by atoms with Crippen LogP contribution in [-0.2, 0) is 4.79 Å². The van der Waals surface area contributed by atoms with E-state index in [4.69, 9.17) is 5.73 Å². The molecule has 8 heteroatoms. The third-order valence-corrected chi connectivity index (χ3v) is 4.22. The van der Waals surface area contributed by atoms with E-state index in [0.29, 0.717) is 6.04 Å². The zero-order valence-corrected chi connectivity index (χ0v) is 22.7. The molecule has 0 heterocycles. The Morgan fingerprint density at radius 1 is 0.935 bits per heavy atom. The summed E-state index contributed by atoms with van der Waals surface area (Å²) in [5.74, 6) is 0.379. The lowest BCUT2D eigenvalue weighted by Crippen LogP contribution is -2.54. The van der Waals surface area contributed by atoms with Crippen LogP contribution in [0.15, 0.2) is 0 Å². The normalized spacial score (nSPS) is 14.3. The van der Waals surface area contributed by atoms with Crippen LogP contribution in [-0.4, -0.2) is 65.3 Å². The van der Waals surface area contributed by atoms with E-state index in [9.17, 15) is 9.90 Å². The fraction of sp³-hybridized carbons (Fsp3) is 0.957. The van der Waals surface area contributed by atoms with E-state index in [-0.39, 0.29) is 45.1 Å². The van der Waals surface area contributed by atoms with Crippen LogP contribution < -0.4 is 21.7 Å². The first-order valence-corrected chi connectivity index (χ1v) is 11.9. The zero-order chi connectivity index (χ0) is 24.0. The van der Waals surface area contributed by atoms with Gasteiger partial charge in [-0.3, -0.25) is 10.1 Å². The number of rotatable bonds is 13. The Morgan fingerprint density at radius 2 is 1.39 bits per heavy atom. The second-order valence-electron chi connectivity index (χ2n) is 6.97. The van der Waals surface area contributed by atoms with Gasteiger partial charge >= 0.3 is 0 Å². The summed E-state index contributed by atoms with van der Waals surface area (Å²) >= 11 is 0. The molecule has 0 bridgehead atoms. The molecule has 0 saturated carbocycles. The van der Waals surface area contributed by atoms with Crippen LogP contribution in [0.2, 0.25) is 0 Å². The Bertz CT molecular complexity index is 349. The first-order valence-electron chi connectivity index (χ1n) is 11.9. The van der Waals surface area contributed by atoms with Crippen LogP contribution in [0.4, 0.5) is 0 Å². The Kier molecular flexibility index (Phi) is 44.9. The summed E-state index contributed by atoms with van der Waals surface area (Å²) in [6.07, 6.45) is 1.42. The van der Waals surface area contributed by atoms with Gasteiger partial charge in [-0.05, 0) is 33.1 Å². The van der Waals surface area contributed by atoms with Gasteiger partial charge in [-0.2, -0.15) is 0 Å². The van der Waals surface area contributed by atoms with Gasteiger partial charge in [0.05, 0.1) is 6.04 Å². The van der Waals surface area contributed by atoms with Crippen LogP contribution in [0.1, 0.15) is 100 Å². The molecule has 8 nitrogen and oxygen atoms in total. The number of Topliss-reactive ketones (excluding diaryl/α,β-unsaturated/α-hetero) is 1. The Hall–Kier alpha value is -0.610. The second kappa shape index (κ2) is 31.6. The molecular weight excluding hydrogens is 396 g/mol. The molecule has 0 aliphatic carbocycles. The summed E-state index contributed by atoms with van der Waals surface area (Å²) in [5, 5.41) is 19.9. The van der Waals surface area contributed by atoms with Crippen molar-refractivity contribution in [2.45, 2.75) is 126 Å². The minimum Gasteiger partial charge on any atom is -0.412 e. The molecule has 0 aliphatic heterocycles. The third-order valence-electron chi connectivity index (χ3n) is 4.22. The van der Waals surface area contributed by atoms with Gasteiger partial charge in [-0.15, -0.1) is 0 Å². The van der Waals surface area contributed by atoms with Gasteiger partial charge < -0.3 is 32.4 Å². The van der Waals surface area contributed by atoms with Gasteiger partial charge in [0.25, 0.3) is 0 Å². The average Bonchev–Trinajstić information content (AvgIpc) is 2.73. The van der Waals surface area contributed by atoms with E-state index in [1.807, 2.05) is 69.2 Å². The standard InChI is InChI=1S/C17H38N4O2.3C2H6.2H2O.3H2/c1-7-8-15(10-19-13(5)14(6)22)20-9-12(4)21-17(23)16(18)11(2)3;3*1-2;;;;;/h11-13,15-17,19-21,23H,7-10,18H2,1-6H3;3*1-2H3;2*1H2;3*1H/t12-,13-,15-,16-,17-;;;;;;;;/m0......../s1. The van der Waals surface area contributed by atoms with Crippen molar-refractivity contribution >= 4 is 5.78 Å². The van der Waals surface area contributed by atoms with E-state index in [0.717, 1.165) is 25.9 Å². The number of carbonyl (C=O) groups excluding carboxylic acids is 1. The molecule has 0 aromatic carbocycles. The molecule has 5 atom stereocenters. The molecule has 0 aromatic heterocycles. The van der Waals surface area contributed by atoms with E-state index in [2.05, 4.69) is 22.9 Å². The molecule has 0 aliphatic rings. The fourth-order valence-electron chi connectivity index (χ4n) is 2.26. The first-order chi connectivity index (χ1) is 13.7. The topological polar surface area (TPSA) is 162 Å². The summed E-state index contributed by atoms with van der Waals surface area (Å²) in [5.41, 5.74) is 5.95. The van der Waals surface area contributed by atoms with E-state index >= 15 is 0 Å². The number of aliphatic hydroxyl groups excluding tert-OH is 1. The van der Waals surface area contributed by atoms with Crippen molar-refractivity contribution in [3.8, 4) is 0 Å². The van der Waals surface area contributed by atoms with Crippen molar-refractivity contribution in [1.29, 1.82) is 0 Å². The number of nitrogens with two attached hydrogens (primary N) is 1. The summed E-state index contributed by atoms with van der Waals surface area (Å²) in [6.45, 7) is 25.2. The quantitative estimate of drug-likeness (QED) is 0.264. The predicted molar refractivity (Wildman–Crippen MR) is 144 cm³/mol. The van der Waals surface area contributed by atoms with E-state index < -0.39 is 6.23 Å². The highest BCUT2D eigenvalue weighted by atomic mass is 16.3. The number of hydrogen-bond acceptors (Lipinski definition) is 6. The zero-order valence-electron chi connectivity index (χ0n) is 22.7. The molecule has 31 heavy (non-hydrogen) atoms. The lowest BCUT2D eigenvalue weighted by molar-refractivity contribution is -0.118. The van der Waals surface area contributed by atoms with Crippen molar-refractivity contribution in [3.05, 3.63) is 0 Å². The Labute approximate surface area is 198 Å². The molecule has 0 amide bonds. The Balaban J connectivity index is -0.0000000748. The second-order valence-corrected chi connectivity index (χ2v) is 6.97. The SMILES string of the molecule is CC.CC.CC.CCC[C@@H](CN[C@@H](C)C(C)=O)NC[C@H](C)N[C@@H](O)[C@@H](N)C(C)C.O.O.[HH].[HH].[HH]. The lowest BCUT2D eigenvalue weighted by atomic mass is 10.0. The van der Waals surface area contributed by atoms with Crippen molar-refractivity contribution in [1.82, 2.24) is 16.0 Å². The molecule has 202 valence electrons. The van der Waals surface area contributed by atoms with Crippen LogP contribution >= 0.6 is 0 Å². The largest absolute Gasteiger partial charge is 0.412 e. The molecule has 10 N–H and O–H groups in total. The number of carbonyl (C=O) groups is 1. The average molecular weight is 463 g/mol. The number of hydrogen-bond donors (Lipinski definition) is 5. The molecule has 0 saturated heterocycles. The molecule has 0 fully saturated rings. The van der Waals surface area contributed by atoms with Crippen molar-refractivity contribution < 1.29 is 25.1 Å². The van der Waals surface area contributed by atoms with Crippen LogP contribution in [0, 0.1) is 5.92 Å². The summed E-state index contributed by atoms with van der Waals surface area (Å²) in [7, 11) is 0. The molecule has 0 aromatic rings. The number of ketones is 1. The van der Waals surface area contributed by atoms with Gasteiger partial charge in [0.2, 0.25) is 0 Å². The van der Waals surface area contributed by atoms with E-state index in [1.54, 1.807) is 6.92 Å².